The molecule has 0 radical (unpaired) electrons. The first-order valence-corrected chi connectivity index (χ1v) is 8.35. The summed E-state index contributed by atoms with van der Waals surface area (Å²) in [5.41, 5.74) is 0. The molecule has 0 saturated carbocycles. The van der Waals surface area contributed by atoms with Crippen LogP contribution in [0.1, 0.15) is 47.0 Å². The number of nitrogens with one attached hydrogen (secondary N) is 1. The van der Waals surface area contributed by atoms with E-state index in [-0.39, 0.29) is 0 Å². The van der Waals surface area contributed by atoms with E-state index >= 15 is 0 Å². The monoisotopic (exact) mass is 258 g/mol. The highest BCUT2D eigenvalue weighted by Crippen LogP contribution is 2.22. The molecule has 0 amide bonds. The summed E-state index contributed by atoms with van der Waals surface area (Å²) in [6.45, 7) is 12.9. The van der Waals surface area contributed by atoms with Crippen LogP contribution in [0.25, 0.3) is 0 Å². The van der Waals surface area contributed by atoms with Gasteiger partial charge in [-0.25, -0.2) is 0 Å². The Balaban J connectivity index is 2.28. The third-order valence-electron chi connectivity index (χ3n) is 3.94. The van der Waals surface area contributed by atoms with Gasteiger partial charge in [-0.3, -0.25) is 4.90 Å². The summed E-state index contributed by atoms with van der Waals surface area (Å²) in [4.78, 5) is 2.67. The van der Waals surface area contributed by atoms with Gasteiger partial charge in [0.25, 0.3) is 0 Å². The van der Waals surface area contributed by atoms with E-state index in [2.05, 4.69) is 49.7 Å². The Hall–Kier alpha value is 0.270. The van der Waals surface area contributed by atoms with Gasteiger partial charge in [0.2, 0.25) is 0 Å². The molecule has 0 aromatic heterocycles. The third-order valence-corrected chi connectivity index (χ3v) is 5.31. The number of hydrogen-bond donors (Lipinski definition) is 1. The van der Waals surface area contributed by atoms with Crippen LogP contribution in [0.15, 0.2) is 0 Å². The average Bonchev–Trinajstić information content (AvgIpc) is 2.39. The molecule has 102 valence electrons. The molecule has 0 aliphatic carbocycles. The van der Waals surface area contributed by atoms with Crippen LogP contribution in [0.2, 0.25) is 0 Å². The lowest BCUT2D eigenvalue weighted by atomic mass is 10.1. The van der Waals surface area contributed by atoms with E-state index < -0.39 is 0 Å². The summed E-state index contributed by atoms with van der Waals surface area (Å²) in [6.07, 6.45) is 3.81. The Bertz CT molecular complexity index is 195. The van der Waals surface area contributed by atoms with Crippen molar-refractivity contribution in [2.24, 2.45) is 0 Å². The zero-order chi connectivity index (χ0) is 12.7. The second-order valence-corrected chi connectivity index (χ2v) is 6.57. The highest BCUT2D eigenvalue weighted by molar-refractivity contribution is 8.00. The van der Waals surface area contributed by atoms with Crippen molar-refractivity contribution < 1.29 is 0 Å². The number of rotatable bonds is 7. The van der Waals surface area contributed by atoms with E-state index in [1.165, 1.54) is 38.1 Å². The zero-order valence-corrected chi connectivity index (χ0v) is 12.9. The van der Waals surface area contributed by atoms with Gasteiger partial charge in [-0.2, -0.15) is 11.8 Å². The first kappa shape index (κ1) is 15.3. The predicted molar refractivity (Wildman–Crippen MR) is 79.9 cm³/mol. The minimum atomic E-state index is 0.686. The maximum absolute atomic E-state index is 3.70. The molecule has 0 bridgehead atoms. The fourth-order valence-corrected chi connectivity index (χ4v) is 3.64. The van der Waals surface area contributed by atoms with Crippen LogP contribution in [-0.4, -0.2) is 47.6 Å². The molecule has 2 unspecified atom stereocenters. The summed E-state index contributed by atoms with van der Waals surface area (Å²) < 4.78 is 0. The molecular formula is C14H30N2S. The molecule has 1 heterocycles. The van der Waals surface area contributed by atoms with Crippen LogP contribution in [0.5, 0.6) is 0 Å². The summed E-state index contributed by atoms with van der Waals surface area (Å²) in [6, 6.07) is 1.39. The van der Waals surface area contributed by atoms with Gasteiger partial charge in [-0.15, -0.1) is 0 Å². The first-order chi connectivity index (χ1) is 8.21. The molecule has 2 atom stereocenters. The molecule has 0 spiro atoms. The normalized spacial score (nSPS) is 24.2. The molecule has 3 heteroatoms. The van der Waals surface area contributed by atoms with Crippen molar-refractivity contribution in [2.75, 3.05) is 25.4 Å². The highest BCUT2D eigenvalue weighted by Gasteiger charge is 2.22. The van der Waals surface area contributed by atoms with Crippen molar-refractivity contribution in [1.82, 2.24) is 10.2 Å². The summed E-state index contributed by atoms with van der Waals surface area (Å²) in [7, 11) is 0. The SMILES string of the molecule is CCC(CC)NCC(C)N1CCSC(CC)C1. The standard InChI is InChI=1S/C14H30N2S/c1-5-13(6-2)15-10-12(4)16-8-9-17-14(7-3)11-16/h12-15H,5-11H2,1-4H3. The molecule has 1 aliphatic rings. The number of thioether (sulfide) groups is 1. The van der Waals surface area contributed by atoms with Gasteiger partial charge < -0.3 is 5.32 Å². The molecule has 1 rings (SSSR count). The quantitative estimate of drug-likeness (QED) is 0.756. The minimum Gasteiger partial charge on any atom is -0.312 e. The zero-order valence-electron chi connectivity index (χ0n) is 12.0. The van der Waals surface area contributed by atoms with Crippen molar-refractivity contribution >= 4 is 11.8 Å². The lowest BCUT2D eigenvalue weighted by molar-refractivity contribution is 0.205. The van der Waals surface area contributed by atoms with E-state index in [4.69, 9.17) is 0 Å². The molecule has 1 fully saturated rings. The van der Waals surface area contributed by atoms with Crippen LogP contribution < -0.4 is 5.32 Å². The van der Waals surface area contributed by atoms with Crippen LogP contribution >= 0.6 is 11.8 Å². The smallest absolute Gasteiger partial charge is 0.0193 e. The van der Waals surface area contributed by atoms with E-state index in [1.54, 1.807) is 0 Å². The van der Waals surface area contributed by atoms with E-state index in [0.717, 1.165) is 11.8 Å². The van der Waals surface area contributed by atoms with Crippen molar-refractivity contribution in [3.8, 4) is 0 Å². The molecule has 0 aromatic carbocycles. The lowest BCUT2D eigenvalue weighted by Crippen LogP contribution is -2.48. The molecule has 0 aromatic rings. The molecular weight excluding hydrogens is 228 g/mol. The van der Waals surface area contributed by atoms with E-state index in [0.29, 0.717) is 12.1 Å². The predicted octanol–water partition coefficient (Wildman–Crippen LogP) is 2.98. The van der Waals surface area contributed by atoms with Crippen LogP contribution in [-0.2, 0) is 0 Å². The second-order valence-electron chi connectivity index (χ2n) is 5.17. The van der Waals surface area contributed by atoms with Gasteiger partial charge in [0.05, 0.1) is 0 Å². The Morgan fingerprint density at radius 1 is 1.29 bits per heavy atom. The van der Waals surface area contributed by atoms with Gasteiger partial charge in [0.1, 0.15) is 0 Å². The number of hydrogen-bond acceptors (Lipinski definition) is 3. The molecule has 1 N–H and O–H groups in total. The van der Waals surface area contributed by atoms with Gasteiger partial charge in [0.15, 0.2) is 0 Å². The summed E-state index contributed by atoms with van der Waals surface area (Å²) >= 11 is 2.16. The van der Waals surface area contributed by atoms with Gasteiger partial charge in [-0.1, -0.05) is 20.8 Å². The highest BCUT2D eigenvalue weighted by atomic mass is 32.2. The van der Waals surface area contributed by atoms with E-state index in [9.17, 15) is 0 Å². The van der Waals surface area contributed by atoms with Crippen LogP contribution in [0.3, 0.4) is 0 Å². The van der Waals surface area contributed by atoms with Crippen LogP contribution in [0, 0.1) is 0 Å². The minimum absolute atomic E-state index is 0.686. The largest absolute Gasteiger partial charge is 0.312 e. The maximum atomic E-state index is 3.70. The molecule has 2 nitrogen and oxygen atoms in total. The van der Waals surface area contributed by atoms with Gasteiger partial charge in [-0.05, 0) is 26.2 Å². The maximum Gasteiger partial charge on any atom is 0.0193 e. The summed E-state index contributed by atoms with van der Waals surface area (Å²) in [5.74, 6) is 1.31. The molecule has 17 heavy (non-hydrogen) atoms. The first-order valence-electron chi connectivity index (χ1n) is 7.30. The fourth-order valence-electron chi connectivity index (χ4n) is 2.43. The van der Waals surface area contributed by atoms with E-state index in [1.807, 2.05) is 0 Å². The third kappa shape index (κ3) is 5.19. The summed E-state index contributed by atoms with van der Waals surface area (Å²) in [5, 5.41) is 4.56. The van der Waals surface area contributed by atoms with Gasteiger partial charge >= 0.3 is 0 Å². The fraction of sp³-hybridized carbons (Fsp3) is 1.00. The van der Waals surface area contributed by atoms with Gasteiger partial charge in [0, 0.05) is 42.7 Å². The Kier molecular flexibility index (Phi) is 7.56. The van der Waals surface area contributed by atoms with Crippen molar-refractivity contribution in [3.05, 3.63) is 0 Å². The number of nitrogens with zero attached hydrogens (tertiary/aromatic N) is 1. The van der Waals surface area contributed by atoms with Crippen molar-refractivity contribution in [1.29, 1.82) is 0 Å². The Labute approximate surface area is 112 Å². The lowest BCUT2D eigenvalue weighted by Gasteiger charge is -2.36. The second kappa shape index (κ2) is 8.39. The topological polar surface area (TPSA) is 15.3 Å². The average molecular weight is 258 g/mol. The molecule has 1 saturated heterocycles. The van der Waals surface area contributed by atoms with Crippen LogP contribution in [0.4, 0.5) is 0 Å². The Morgan fingerprint density at radius 3 is 2.59 bits per heavy atom. The van der Waals surface area contributed by atoms with Crippen molar-refractivity contribution in [2.45, 2.75) is 64.3 Å². The molecule has 1 aliphatic heterocycles. The Morgan fingerprint density at radius 2 is 2.00 bits per heavy atom. The van der Waals surface area contributed by atoms with Crippen molar-refractivity contribution in [3.63, 3.8) is 0 Å².